The summed E-state index contributed by atoms with van der Waals surface area (Å²) in [5.74, 6) is 0.471. The van der Waals surface area contributed by atoms with Gasteiger partial charge in [0.25, 0.3) is 0 Å². The van der Waals surface area contributed by atoms with E-state index in [4.69, 9.17) is 4.98 Å². The van der Waals surface area contributed by atoms with Gasteiger partial charge in [0.2, 0.25) is 0 Å². The van der Waals surface area contributed by atoms with Crippen molar-refractivity contribution >= 4 is 27.9 Å². The first-order valence-corrected chi connectivity index (χ1v) is 9.04. The van der Waals surface area contributed by atoms with E-state index < -0.39 is 0 Å². The molecule has 5 rings (SSSR count). The standard InChI is InChI=1S/C21H16FN7/c1-29(11-13-3-2-4-15(22)7-13)19-10-23-18-8-14(5-6-17(18)27-19)20-16-9-26-28-21(16)25-12-24-20/h2-10,12H,11H2,1H3,(H,24,25,26,28). The van der Waals surface area contributed by atoms with Crippen LogP contribution in [0.3, 0.4) is 0 Å². The predicted molar refractivity (Wildman–Crippen MR) is 109 cm³/mol. The number of aromatic nitrogens is 6. The number of hydrogen-bond acceptors (Lipinski definition) is 6. The summed E-state index contributed by atoms with van der Waals surface area (Å²) in [5, 5.41) is 7.74. The van der Waals surface area contributed by atoms with Crippen LogP contribution in [0.4, 0.5) is 10.2 Å². The lowest BCUT2D eigenvalue weighted by molar-refractivity contribution is 0.625. The Hall–Kier alpha value is -3.94. The van der Waals surface area contributed by atoms with Crippen LogP contribution in [0.1, 0.15) is 5.56 Å². The first kappa shape index (κ1) is 17.2. The van der Waals surface area contributed by atoms with Gasteiger partial charge in [-0.1, -0.05) is 18.2 Å². The number of aromatic amines is 1. The predicted octanol–water partition coefficient (Wildman–Crippen LogP) is 3.74. The molecule has 29 heavy (non-hydrogen) atoms. The first-order chi connectivity index (χ1) is 14.2. The van der Waals surface area contributed by atoms with Gasteiger partial charge in [-0.25, -0.2) is 19.3 Å². The number of H-pyrrole nitrogens is 1. The Labute approximate surface area is 165 Å². The summed E-state index contributed by atoms with van der Waals surface area (Å²) in [4.78, 5) is 19.8. The minimum absolute atomic E-state index is 0.246. The normalized spacial score (nSPS) is 11.2. The molecule has 0 saturated heterocycles. The van der Waals surface area contributed by atoms with Crippen LogP contribution in [0.25, 0.3) is 33.3 Å². The van der Waals surface area contributed by atoms with Gasteiger partial charge in [0.05, 0.1) is 34.5 Å². The second-order valence-electron chi connectivity index (χ2n) is 6.77. The van der Waals surface area contributed by atoms with Crippen LogP contribution < -0.4 is 4.90 Å². The Balaban J connectivity index is 1.47. The summed E-state index contributed by atoms with van der Waals surface area (Å²) in [5.41, 5.74) is 4.81. The minimum atomic E-state index is -0.246. The van der Waals surface area contributed by atoms with Crippen molar-refractivity contribution in [1.29, 1.82) is 0 Å². The van der Waals surface area contributed by atoms with Gasteiger partial charge in [-0.3, -0.25) is 10.1 Å². The Morgan fingerprint density at radius 2 is 1.93 bits per heavy atom. The fourth-order valence-corrected chi connectivity index (χ4v) is 3.32. The highest BCUT2D eigenvalue weighted by Crippen LogP contribution is 2.27. The smallest absolute Gasteiger partial charge is 0.159 e. The maximum atomic E-state index is 13.4. The zero-order valence-corrected chi connectivity index (χ0v) is 15.5. The van der Waals surface area contributed by atoms with E-state index in [2.05, 4.69) is 25.1 Å². The third-order valence-electron chi connectivity index (χ3n) is 4.75. The molecule has 0 radical (unpaired) electrons. The van der Waals surface area contributed by atoms with E-state index in [0.29, 0.717) is 18.0 Å². The van der Waals surface area contributed by atoms with Gasteiger partial charge in [-0.15, -0.1) is 0 Å². The third-order valence-corrected chi connectivity index (χ3v) is 4.75. The fraction of sp³-hybridized carbons (Fsp3) is 0.0952. The highest BCUT2D eigenvalue weighted by Gasteiger charge is 2.11. The molecule has 3 heterocycles. The lowest BCUT2D eigenvalue weighted by Crippen LogP contribution is -2.18. The topological polar surface area (TPSA) is 83.5 Å². The Kier molecular flexibility index (Phi) is 4.09. The minimum Gasteiger partial charge on any atom is -0.354 e. The molecule has 0 fully saturated rings. The molecule has 0 aliphatic heterocycles. The second kappa shape index (κ2) is 6.90. The fourth-order valence-electron chi connectivity index (χ4n) is 3.32. The van der Waals surface area contributed by atoms with E-state index in [1.54, 1.807) is 18.5 Å². The Morgan fingerprint density at radius 3 is 2.83 bits per heavy atom. The summed E-state index contributed by atoms with van der Waals surface area (Å²) >= 11 is 0. The zero-order chi connectivity index (χ0) is 19.8. The van der Waals surface area contributed by atoms with Crippen LogP contribution in [-0.2, 0) is 6.54 Å². The number of hydrogen-bond donors (Lipinski definition) is 1. The molecule has 3 aromatic heterocycles. The van der Waals surface area contributed by atoms with Crippen molar-refractivity contribution in [2.24, 2.45) is 0 Å². The molecule has 0 amide bonds. The van der Waals surface area contributed by atoms with Crippen molar-refractivity contribution in [2.75, 3.05) is 11.9 Å². The van der Waals surface area contributed by atoms with Crippen LogP contribution >= 0.6 is 0 Å². The van der Waals surface area contributed by atoms with Crippen LogP contribution in [0.15, 0.2) is 61.2 Å². The average molecular weight is 385 g/mol. The van der Waals surface area contributed by atoms with E-state index in [0.717, 1.165) is 33.2 Å². The average Bonchev–Trinajstić information content (AvgIpc) is 3.22. The second-order valence-corrected chi connectivity index (χ2v) is 6.77. The molecule has 0 aliphatic carbocycles. The van der Waals surface area contributed by atoms with E-state index in [9.17, 15) is 4.39 Å². The van der Waals surface area contributed by atoms with Crippen molar-refractivity contribution < 1.29 is 4.39 Å². The maximum Gasteiger partial charge on any atom is 0.159 e. The van der Waals surface area contributed by atoms with Gasteiger partial charge >= 0.3 is 0 Å². The zero-order valence-electron chi connectivity index (χ0n) is 15.5. The molecular formula is C21H16FN7. The summed E-state index contributed by atoms with van der Waals surface area (Å²) in [6.07, 6.45) is 4.94. The molecule has 0 spiro atoms. The summed E-state index contributed by atoms with van der Waals surface area (Å²) in [7, 11) is 1.91. The molecule has 5 aromatic rings. The molecule has 0 unspecified atom stereocenters. The number of fused-ring (bicyclic) bond motifs is 2. The quantitative estimate of drug-likeness (QED) is 0.507. The molecule has 0 aliphatic rings. The van der Waals surface area contributed by atoms with Crippen molar-refractivity contribution in [1.82, 2.24) is 30.1 Å². The molecule has 7 nitrogen and oxygen atoms in total. The summed E-state index contributed by atoms with van der Waals surface area (Å²) < 4.78 is 13.4. The van der Waals surface area contributed by atoms with Gasteiger partial charge in [0.15, 0.2) is 5.65 Å². The molecule has 1 N–H and O–H groups in total. The monoisotopic (exact) mass is 385 g/mol. The van der Waals surface area contributed by atoms with Crippen molar-refractivity contribution in [3.05, 3.63) is 72.6 Å². The van der Waals surface area contributed by atoms with Gasteiger partial charge in [-0.05, 0) is 29.8 Å². The maximum absolute atomic E-state index is 13.4. The highest BCUT2D eigenvalue weighted by molar-refractivity contribution is 5.92. The number of halogens is 1. The third kappa shape index (κ3) is 3.25. The first-order valence-electron chi connectivity index (χ1n) is 9.04. The van der Waals surface area contributed by atoms with Crippen LogP contribution in [0, 0.1) is 5.82 Å². The highest BCUT2D eigenvalue weighted by atomic mass is 19.1. The van der Waals surface area contributed by atoms with Gasteiger partial charge in [0.1, 0.15) is 18.0 Å². The van der Waals surface area contributed by atoms with Crippen molar-refractivity contribution in [3.63, 3.8) is 0 Å². The van der Waals surface area contributed by atoms with Gasteiger partial charge < -0.3 is 4.90 Å². The lowest BCUT2D eigenvalue weighted by atomic mass is 10.1. The van der Waals surface area contributed by atoms with Crippen LogP contribution in [-0.4, -0.2) is 37.2 Å². The molecule has 0 atom stereocenters. The molecule has 0 bridgehead atoms. The van der Waals surface area contributed by atoms with E-state index >= 15 is 0 Å². The lowest BCUT2D eigenvalue weighted by Gasteiger charge is -2.18. The van der Waals surface area contributed by atoms with Crippen LogP contribution in [0.5, 0.6) is 0 Å². The SMILES string of the molecule is CN(Cc1cccc(F)c1)c1cnc2cc(-c3ncnc4[nH]ncc34)ccc2n1. The summed E-state index contributed by atoms with van der Waals surface area (Å²) in [6.45, 7) is 0.537. The summed E-state index contributed by atoms with van der Waals surface area (Å²) in [6, 6.07) is 12.4. The Bertz CT molecular complexity index is 1330. The van der Waals surface area contributed by atoms with E-state index in [1.165, 1.54) is 18.5 Å². The van der Waals surface area contributed by atoms with Crippen molar-refractivity contribution in [3.8, 4) is 11.3 Å². The van der Waals surface area contributed by atoms with Crippen molar-refractivity contribution in [2.45, 2.75) is 6.54 Å². The number of nitrogens with zero attached hydrogens (tertiary/aromatic N) is 6. The molecular weight excluding hydrogens is 369 g/mol. The molecule has 2 aromatic carbocycles. The van der Waals surface area contributed by atoms with E-state index in [1.807, 2.05) is 36.2 Å². The number of nitrogens with one attached hydrogen (secondary N) is 1. The largest absolute Gasteiger partial charge is 0.354 e. The number of rotatable bonds is 4. The number of benzene rings is 2. The Morgan fingerprint density at radius 1 is 1.00 bits per heavy atom. The van der Waals surface area contributed by atoms with Crippen LogP contribution in [0.2, 0.25) is 0 Å². The van der Waals surface area contributed by atoms with E-state index in [-0.39, 0.29) is 5.82 Å². The van der Waals surface area contributed by atoms with Gasteiger partial charge in [0, 0.05) is 19.2 Å². The molecule has 8 heteroatoms. The molecule has 142 valence electrons. The molecule has 0 saturated carbocycles. The van der Waals surface area contributed by atoms with Gasteiger partial charge in [-0.2, -0.15) is 5.10 Å². The number of anilines is 1.